The zero-order valence-corrected chi connectivity index (χ0v) is 12.4. The molecule has 112 valence electrons. The Bertz CT molecular complexity index is 512. The van der Waals surface area contributed by atoms with Gasteiger partial charge in [0.2, 0.25) is 5.91 Å². The molecule has 0 aromatic heterocycles. The van der Waals surface area contributed by atoms with Crippen LogP contribution in [0.1, 0.15) is 37.3 Å². The van der Waals surface area contributed by atoms with Crippen LogP contribution in [0.25, 0.3) is 6.08 Å². The van der Waals surface area contributed by atoms with Crippen molar-refractivity contribution in [1.82, 2.24) is 5.32 Å². The number of aliphatic hydroxyl groups excluding tert-OH is 1. The average molecular weight is 286 g/mol. The van der Waals surface area contributed by atoms with E-state index in [2.05, 4.69) is 18.3 Å². The number of benzene rings is 1. The van der Waals surface area contributed by atoms with E-state index in [9.17, 15) is 4.79 Å². The number of hydrogen-bond acceptors (Lipinski definition) is 3. The van der Waals surface area contributed by atoms with Gasteiger partial charge in [0.25, 0.3) is 0 Å². The molecule has 0 bridgehead atoms. The van der Waals surface area contributed by atoms with E-state index >= 15 is 0 Å². The molecule has 4 heteroatoms. The molecule has 1 aromatic rings. The van der Waals surface area contributed by atoms with Gasteiger partial charge in [-0.2, -0.15) is 5.26 Å². The van der Waals surface area contributed by atoms with Gasteiger partial charge >= 0.3 is 0 Å². The van der Waals surface area contributed by atoms with Crippen molar-refractivity contribution in [2.24, 2.45) is 5.92 Å². The normalized spacial score (nSPS) is 12.0. The standard InChI is InChI=1S/C17H22N2O2/c1-2-4-15(9-10-20)13-19-17(21)8-7-14-5-3-6-16(11-14)12-18/h3,5-8,11,15,20H,2,4,9-10,13H2,1H3,(H,19,21)/b8-7+. The van der Waals surface area contributed by atoms with Crippen molar-refractivity contribution >= 4 is 12.0 Å². The summed E-state index contributed by atoms with van der Waals surface area (Å²) in [5, 5.41) is 20.6. The molecule has 1 amide bonds. The molecule has 0 saturated carbocycles. The highest BCUT2D eigenvalue weighted by Gasteiger charge is 2.07. The van der Waals surface area contributed by atoms with E-state index < -0.39 is 0 Å². The van der Waals surface area contributed by atoms with E-state index in [-0.39, 0.29) is 12.5 Å². The number of amides is 1. The van der Waals surface area contributed by atoms with Gasteiger partial charge in [0.05, 0.1) is 11.6 Å². The van der Waals surface area contributed by atoms with Gasteiger partial charge in [0.1, 0.15) is 0 Å². The summed E-state index contributed by atoms with van der Waals surface area (Å²) < 4.78 is 0. The largest absolute Gasteiger partial charge is 0.396 e. The van der Waals surface area contributed by atoms with Gasteiger partial charge in [-0.1, -0.05) is 25.5 Å². The number of aliphatic hydroxyl groups is 1. The fourth-order valence-corrected chi connectivity index (χ4v) is 2.13. The third-order valence-electron chi connectivity index (χ3n) is 3.24. The average Bonchev–Trinajstić information content (AvgIpc) is 2.51. The summed E-state index contributed by atoms with van der Waals surface area (Å²) in [5.41, 5.74) is 1.40. The van der Waals surface area contributed by atoms with Crippen LogP contribution in [0.3, 0.4) is 0 Å². The number of nitrogens with zero attached hydrogens (tertiary/aromatic N) is 1. The van der Waals surface area contributed by atoms with E-state index in [1.54, 1.807) is 24.3 Å². The van der Waals surface area contributed by atoms with Crippen LogP contribution in [0.15, 0.2) is 30.3 Å². The highest BCUT2D eigenvalue weighted by atomic mass is 16.3. The molecule has 0 heterocycles. The van der Waals surface area contributed by atoms with Crippen molar-refractivity contribution in [3.05, 3.63) is 41.5 Å². The van der Waals surface area contributed by atoms with Gasteiger partial charge in [-0.15, -0.1) is 0 Å². The van der Waals surface area contributed by atoms with Crippen LogP contribution in [0.4, 0.5) is 0 Å². The smallest absolute Gasteiger partial charge is 0.244 e. The maximum atomic E-state index is 11.8. The first-order valence-electron chi connectivity index (χ1n) is 7.26. The van der Waals surface area contributed by atoms with Gasteiger partial charge in [-0.3, -0.25) is 4.79 Å². The Kier molecular flexibility index (Phi) is 7.85. The number of nitriles is 1. The summed E-state index contributed by atoms with van der Waals surface area (Å²) in [6, 6.07) is 9.15. The molecule has 1 atom stereocenters. The van der Waals surface area contributed by atoms with E-state index in [0.29, 0.717) is 24.4 Å². The number of carbonyl (C=O) groups is 1. The monoisotopic (exact) mass is 286 g/mol. The van der Waals surface area contributed by atoms with Crippen LogP contribution in [-0.4, -0.2) is 24.2 Å². The molecule has 0 saturated heterocycles. The summed E-state index contributed by atoms with van der Waals surface area (Å²) in [7, 11) is 0. The van der Waals surface area contributed by atoms with Gasteiger partial charge in [0.15, 0.2) is 0 Å². The van der Waals surface area contributed by atoms with E-state index in [1.807, 2.05) is 6.07 Å². The quantitative estimate of drug-likeness (QED) is 0.721. The van der Waals surface area contributed by atoms with Crippen LogP contribution in [0, 0.1) is 17.2 Å². The highest BCUT2D eigenvalue weighted by molar-refractivity contribution is 5.91. The van der Waals surface area contributed by atoms with Crippen molar-refractivity contribution in [3.8, 4) is 6.07 Å². The fourth-order valence-electron chi connectivity index (χ4n) is 2.13. The van der Waals surface area contributed by atoms with E-state index in [4.69, 9.17) is 10.4 Å². The second kappa shape index (κ2) is 9.73. The minimum atomic E-state index is -0.156. The maximum Gasteiger partial charge on any atom is 0.244 e. The lowest BCUT2D eigenvalue weighted by atomic mass is 10.0. The summed E-state index contributed by atoms with van der Waals surface area (Å²) in [6.07, 6.45) is 5.91. The lowest BCUT2D eigenvalue weighted by molar-refractivity contribution is -0.116. The molecular weight excluding hydrogens is 264 g/mol. The van der Waals surface area contributed by atoms with Crippen LogP contribution >= 0.6 is 0 Å². The van der Waals surface area contributed by atoms with Crippen molar-refractivity contribution in [2.45, 2.75) is 26.2 Å². The summed E-state index contributed by atoms with van der Waals surface area (Å²) in [4.78, 5) is 11.8. The predicted octanol–water partition coefficient (Wildman–Crippen LogP) is 2.49. The Morgan fingerprint density at radius 1 is 1.48 bits per heavy atom. The first-order valence-corrected chi connectivity index (χ1v) is 7.26. The Hall–Kier alpha value is -2.12. The predicted molar refractivity (Wildman–Crippen MR) is 83.3 cm³/mol. The molecule has 1 unspecified atom stereocenters. The molecule has 0 fully saturated rings. The molecular formula is C17H22N2O2. The van der Waals surface area contributed by atoms with Gasteiger partial charge in [-0.25, -0.2) is 0 Å². The molecule has 4 nitrogen and oxygen atoms in total. The number of rotatable bonds is 8. The topological polar surface area (TPSA) is 73.1 Å². The maximum absolute atomic E-state index is 11.8. The summed E-state index contributed by atoms with van der Waals surface area (Å²) >= 11 is 0. The van der Waals surface area contributed by atoms with E-state index in [0.717, 1.165) is 18.4 Å². The third kappa shape index (κ3) is 6.73. The first-order chi connectivity index (χ1) is 10.2. The third-order valence-corrected chi connectivity index (χ3v) is 3.24. The Balaban J connectivity index is 2.48. The van der Waals surface area contributed by atoms with E-state index in [1.165, 1.54) is 6.08 Å². The molecule has 1 aromatic carbocycles. The second-order valence-electron chi connectivity index (χ2n) is 4.98. The van der Waals surface area contributed by atoms with Crippen molar-refractivity contribution in [1.29, 1.82) is 5.26 Å². The van der Waals surface area contributed by atoms with Gasteiger partial charge < -0.3 is 10.4 Å². The summed E-state index contributed by atoms with van der Waals surface area (Å²) in [6.45, 7) is 2.82. The molecule has 0 spiro atoms. The lowest BCUT2D eigenvalue weighted by Gasteiger charge is -2.14. The van der Waals surface area contributed by atoms with Crippen LogP contribution < -0.4 is 5.32 Å². The van der Waals surface area contributed by atoms with Crippen LogP contribution in [0.2, 0.25) is 0 Å². The number of nitrogens with one attached hydrogen (secondary N) is 1. The molecule has 0 aliphatic rings. The van der Waals surface area contributed by atoms with Gasteiger partial charge in [-0.05, 0) is 42.5 Å². The number of hydrogen-bond donors (Lipinski definition) is 2. The van der Waals surface area contributed by atoms with Crippen molar-refractivity contribution in [3.63, 3.8) is 0 Å². The summed E-state index contributed by atoms with van der Waals surface area (Å²) in [5.74, 6) is 0.163. The minimum absolute atomic E-state index is 0.150. The van der Waals surface area contributed by atoms with Crippen LogP contribution in [0.5, 0.6) is 0 Å². The molecule has 21 heavy (non-hydrogen) atoms. The zero-order valence-electron chi connectivity index (χ0n) is 12.4. The van der Waals surface area contributed by atoms with Crippen LogP contribution in [-0.2, 0) is 4.79 Å². The fraction of sp³-hybridized carbons (Fsp3) is 0.412. The molecule has 2 N–H and O–H groups in total. The molecule has 1 rings (SSSR count). The van der Waals surface area contributed by atoms with Gasteiger partial charge in [0, 0.05) is 19.2 Å². The number of carbonyl (C=O) groups excluding carboxylic acids is 1. The Morgan fingerprint density at radius 3 is 2.95 bits per heavy atom. The first kappa shape index (κ1) is 16.9. The highest BCUT2D eigenvalue weighted by Crippen LogP contribution is 2.09. The van der Waals surface area contributed by atoms with Crippen molar-refractivity contribution < 1.29 is 9.90 Å². The minimum Gasteiger partial charge on any atom is -0.396 e. The zero-order chi connectivity index (χ0) is 15.5. The molecule has 0 aliphatic heterocycles. The van der Waals surface area contributed by atoms with Crippen molar-refractivity contribution in [2.75, 3.05) is 13.2 Å². The lowest BCUT2D eigenvalue weighted by Crippen LogP contribution is -2.28. The SMILES string of the molecule is CCCC(CCO)CNC(=O)/C=C/c1cccc(C#N)c1. The Labute approximate surface area is 126 Å². The second-order valence-corrected chi connectivity index (χ2v) is 4.98. The molecule has 0 aliphatic carbocycles. The molecule has 0 radical (unpaired) electrons. The Morgan fingerprint density at radius 2 is 2.29 bits per heavy atom.